The number of hydrogen-bond acceptors (Lipinski definition) is 2. The van der Waals surface area contributed by atoms with E-state index in [-0.39, 0.29) is 6.03 Å². The van der Waals surface area contributed by atoms with Gasteiger partial charge in [-0.3, -0.25) is 0 Å². The van der Waals surface area contributed by atoms with Gasteiger partial charge in [-0.25, -0.2) is 4.79 Å². The Bertz CT molecular complexity index is 507. The van der Waals surface area contributed by atoms with Gasteiger partial charge in [0, 0.05) is 6.54 Å². The topological polar surface area (TPSA) is 50.4 Å². The van der Waals surface area contributed by atoms with Crippen molar-refractivity contribution in [2.24, 2.45) is 5.92 Å². The highest BCUT2D eigenvalue weighted by Crippen LogP contribution is 2.26. The summed E-state index contributed by atoms with van der Waals surface area (Å²) >= 11 is 6.09. The van der Waals surface area contributed by atoms with E-state index >= 15 is 0 Å². The number of carbonyl (C=O) groups is 1. The molecule has 1 aromatic rings. The second-order valence-electron chi connectivity index (χ2n) is 6.04. The van der Waals surface area contributed by atoms with Crippen LogP contribution >= 0.6 is 11.6 Å². The van der Waals surface area contributed by atoms with Crippen molar-refractivity contribution in [1.29, 1.82) is 0 Å². The number of anilines is 1. The number of rotatable bonds is 5. The third-order valence-electron chi connectivity index (χ3n) is 4.13. The summed E-state index contributed by atoms with van der Waals surface area (Å²) in [7, 11) is 0. The highest BCUT2D eigenvalue weighted by Gasteiger charge is 2.21. The van der Waals surface area contributed by atoms with Crippen LogP contribution in [0.1, 0.15) is 38.2 Å². The molecule has 0 aliphatic heterocycles. The molecule has 1 aliphatic carbocycles. The van der Waals surface area contributed by atoms with E-state index in [9.17, 15) is 4.79 Å². The number of aryl methyl sites for hydroxylation is 1. The first-order chi connectivity index (χ1) is 10.6. The van der Waals surface area contributed by atoms with Crippen molar-refractivity contribution in [3.63, 3.8) is 0 Å². The zero-order chi connectivity index (χ0) is 15.9. The summed E-state index contributed by atoms with van der Waals surface area (Å²) in [5, 5.41) is 6.08. The lowest BCUT2D eigenvalue weighted by Crippen LogP contribution is -2.34. The van der Waals surface area contributed by atoms with Crippen molar-refractivity contribution in [3.8, 4) is 0 Å². The zero-order valence-corrected chi connectivity index (χ0v) is 14.1. The summed E-state index contributed by atoms with van der Waals surface area (Å²) in [4.78, 5) is 11.8. The largest absolute Gasteiger partial charge is 0.376 e. The zero-order valence-electron chi connectivity index (χ0n) is 13.3. The van der Waals surface area contributed by atoms with Gasteiger partial charge in [0.2, 0.25) is 0 Å². The molecule has 4 nitrogen and oxygen atoms in total. The van der Waals surface area contributed by atoms with E-state index in [2.05, 4.69) is 17.6 Å². The first-order valence-corrected chi connectivity index (χ1v) is 8.36. The number of urea groups is 1. The van der Waals surface area contributed by atoms with Crippen LogP contribution in [0, 0.1) is 12.8 Å². The number of nitrogens with one attached hydrogen (secondary N) is 2. The molecule has 1 aliphatic rings. The van der Waals surface area contributed by atoms with Crippen molar-refractivity contribution in [2.45, 2.75) is 45.6 Å². The van der Waals surface area contributed by atoms with Crippen molar-refractivity contribution in [2.75, 3.05) is 18.5 Å². The molecule has 122 valence electrons. The Morgan fingerprint density at radius 2 is 2.14 bits per heavy atom. The van der Waals surface area contributed by atoms with Gasteiger partial charge < -0.3 is 15.4 Å². The third-order valence-corrected chi connectivity index (χ3v) is 4.44. The average Bonchev–Trinajstić information content (AvgIpc) is 2.48. The molecule has 0 radical (unpaired) electrons. The van der Waals surface area contributed by atoms with Gasteiger partial charge >= 0.3 is 6.03 Å². The first-order valence-electron chi connectivity index (χ1n) is 7.99. The molecule has 1 aromatic carbocycles. The van der Waals surface area contributed by atoms with E-state index in [1.807, 2.05) is 19.1 Å². The Balaban J connectivity index is 1.67. The van der Waals surface area contributed by atoms with Gasteiger partial charge in [0.1, 0.15) is 0 Å². The molecular weight excluding hydrogens is 300 g/mol. The summed E-state index contributed by atoms with van der Waals surface area (Å²) in [6.07, 6.45) is 5.26. The molecule has 2 rings (SSSR count). The van der Waals surface area contributed by atoms with Gasteiger partial charge in [-0.2, -0.15) is 0 Å². The van der Waals surface area contributed by atoms with Crippen LogP contribution < -0.4 is 10.6 Å². The fourth-order valence-corrected chi connectivity index (χ4v) is 3.08. The van der Waals surface area contributed by atoms with E-state index in [1.54, 1.807) is 6.07 Å². The Morgan fingerprint density at radius 1 is 1.36 bits per heavy atom. The minimum atomic E-state index is -0.258. The van der Waals surface area contributed by atoms with Crippen LogP contribution in [0.5, 0.6) is 0 Å². The normalized spacial score (nSPS) is 21.4. The maximum atomic E-state index is 11.8. The number of benzene rings is 1. The van der Waals surface area contributed by atoms with Crippen LogP contribution in [0.2, 0.25) is 5.02 Å². The maximum Gasteiger partial charge on any atom is 0.319 e. The summed E-state index contributed by atoms with van der Waals surface area (Å²) in [5.74, 6) is 0.619. The molecule has 1 fully saturated rings. The minimum Gasteiger partial charge on any atom is -0.376 e. The lowest BCUT2D eigenvalue weighted by Gasteiger charge is -2.28. The van der Waals surface area contributed by atoms with E-state index in [1.165, 1.54) is 19.3 Å². The van der Waals surface area contributed by atoms with Crippen molar-refractivity contribution < 1.29 is 9.53 Å². The molecule has 5 heteroatoms. The lowest BCUT2D eigenvalue weighted by atomic mass is 9.88. The third kappa shape index (κ3) is 5.18. The monoisotopic (exact) mass is 324 g/mol. The Morgan fingerprint density at radius 3 is 2.86 bits per heavy atom. The molecule has 2 atom stereocenters. The molecule has 2 N–H and O–H groups in total. The molecule has 22 heavy (non-hydrogen) atoms. The number of halogens is 1. The molecule has 0 bridgehead atoms. The molecule has 2 amide bonds. The average molecular weight is 325 g/mol. The van der Waals surface area contributed by atoms with Gasteiger partial charge in [0.15, 0.2) is 0 Å². The van der Waals surface area contributed by atoms with E-state index in [0.717, 1.165) is 12.0 Å². The molecule has 0 unspecified atom stereocenters. The highest BCUT2D eigenvalue weighted by atomic mass is 35.5. The van der Waals surface area contributed by atoms with Crippen LogP contribution in [0.3, 0.4) is 0 Å². The van der Waals surface area contributed by atoms with Crippen LogP contribution in [-0.2, 0) is 4.74 Å². The van der Waals surface area contributed by atoms with Crippen molar-refractivity contribution in [3.05, 3.63) is 28.8 Å². The van der Waals surface area contributed by atoms with Crippen LogP contribution in [-0.4, -0.2) is 25.3 Å². The molecular formula is C17H25ClN2O2. The molecule has 0 heterocycles. The second kappa shape index (κ2) is 8.39. The lowest BCUT2D eigenvalue weighted by molar-refractivity contribution is -0.00232. The van der Waals surface area contributed by atoms with Gasteiger partial charge in [-0.15, -0.1) is 0 Å². The SMILES string of the molecule is Cc1ccc(NC(=O)NCCO[C@H]2CCCC[C@@H]2C)c(Cl)c1. The fourth-order valence-electron chi connectivity index (χ4n) is 2.79. The van der Waals surface area contributed by atoms with Gasteiger partial charge in [0.25, 0.3) is 0 Å². The summed E-state index contributed by atoms with van der Waals surface area (Å²) in [6.45, 7) is 5.24. The van der Waals surface area contributed by atoms with Crippen LogP contribution in [0.15, 0.2) is 18.2 Å². The van der Waals surface area contributed by atoms with E-state index in [0.29, 0.717) is 35.9 Å². The predicted molar refractivity (Wildman–Crippen MR) is 90.6 cm³/mol. The van der Waals surface area contributed by atoms with E-state index in [4.69, 9.17) is 16.3 Å². The maximum absolute atomic E-state index is 11.8. The van der Waals surface area contributed by atoms with Gasteiger partial charge in [-0.05, 0) is 43.4 Å². The number of hydrogen-bond donors (Lipinski definition) is 2. The number of amides is 2. The number of carbonyl (C=O) groups excluding carboxylic acids is 1. The van der Waals surface area contributed by atoms with Crippen molar-refractivity contribution in [1.82, 2.24) is 5.32 Å². The highest BCUT2D eigenvalue weighted by molar-refractivity contribution is 6.33. The van der Waals surface area contributed by atoms with Crippen LogP contribution in [0.4, 0.5) is 10.5 Å². The van der Waals surface area contributed by atoms with Crippen molar-refractivity contribution >= 4 is 23.3 Å². The second-order valence-corrected chi connectivity index (χ2v) is 6.44. The van der Waals surface area contributed by atoms with E-state index < -0.39 is 0 Å². The summed E-state index contributed by atoms with van der Waals surface area (Å²) in [5.41, 5.74) is 1.68. The number of ether oxygens (including phenoxy) is 1. The predicted octanol–water partition coefficient (Wildman–Crippen LogP) is 4.37. The summed E-state index contributed by atoms with van der Waals surface area (Å²) in [6, 6.07) is 5.28. The Labute approximate surface area is 137 Å². The first kappa shape index (κ1) is 17.1. The van der Waals surface area contributed by atoms with Gasteiger partial charge in [0.05, 0.1) is 23.4 Å². The minimum absolute atomic E-state index is 0.258. The summed E-state index contributed by atoms with van der Waals surface area (Å²) < 4.78 is 5.87. The smallest absolute Gasteiger partial charge is 0.319 e. The molecule has 0 spiro atoms. The quantitative estimate of drug-likeness (QED) is 0.790. The Hall–Kier alpha value is -1.26. The standard InChI is InChI=1S/C17H25ClN2O2/c1-12-7-8-15(14(18)11-12)20-17(21)19-9-10-22-16-6-4-3-5-13(16)2/h7-8,11,13,16H,3-6,9-10H2,1-2H3,(H2,19,20,21)/t13-,16-/m0/s1. The molecule has 0 aromatic heterocycles. The fraction of sp³-hybridized carbons (Fsp3) is 0.588. The van der Waals surface area contributed by atoms with Gasteiger partial charge in [-0.1, -0.05) is 37.4 Å². The Kier molecular flexibility index (Phi) is 6.52. The molecule has 1 saturated carbocycles. The molecule has 0 saturated heterocycles. The van der Waals surface area contributed by atoms with Crippen LogP contribution in [0.25, 0.3) is 0 Å².